The molecule has 1 aliphatic rings. The Kier molecular flexibility index (Phi) is 5.14. The van der Waals surface area contributed by atoms with Gasteiger partial charge in [-0.25, -0.2) is 14.0 Å². The fourth-order valence-corrected chi connectivity index (χ4v) is 2.64. The molecule has 2 rings (SSSR count). The zero-order valence-electron chi connectivity index (χ0n) is 11.7. The van der Waals surface area contributed by atoms with Gasteiger partial charge in [0.1, 0.15) is 11.4 Å². The molecule has 114 valence electrons. The molecular formula is C15H19FN2O3. The minimum Gasteiger partial charge on any atom is -0.478 e. The summed E-state index contributed by atoms with van der Waals surface area (Å²) in [6.45, 7) is 0.559. The van der Waals surface area contributed by atoms with Crippen molar-refractivity contribution in [3.05, 3.63) is 29.6 Å². The number of halogens is 1. The van der Waals surface area contributed by atoms with Crippen LogP contribution in [-0.2, 0) is 0 Å². The molecule has 1 aliphatic carbocycles. The van der Waals surface area contributed by atoms with Gasteiger partial charge in [0.2, 0.25) is 0 Å². The lowest BCUT2D eigenvalue weighted by Crippen LogP contribution is -2.34. The maximum atomic E-state index is 13.5. The molecule has 0 radical (unpaired) electrons. The topological polar surface area (TPSA) is 78.4 Å². The van der Waals surface area contributed by atoms with Crippen LogP contribution in [0.5, 0.6) is 0 Å². The van der Waals surface area contributed by atoms with Crippen LogP contribution in [0.15, 0.2) is 18.2 Å². The molecule has 1 aromatic carbocycles. The number of carbonyl (C=O) groups excluding carboxylic acids is 1. The molecule has 1 fully saturated rings. The van der Waals surface area contributed by atoms with E-state index in [2.05, 4.69) is 10.6 Å². The van der Waals surface area contributed by atoms with E-state index < -0.39 is 23.4 Å². The van der Waals surface area contributed by atoms with Gasteiger partial charge in [-0.2, -0.15) is 0 Å². The number of urea groups is 1. The average Bonchev–Trinajstić information content (AvgIpc) is 2.46. The van der Waals surface area contributed by atoms with Gasteiger partial charge in [0, 0.05) is 6.54 Å². The zero-order valence-corrected chi connectivity index (χ0v) is 11.7. The quantitative estimate of drug-likeness (QED) is 0.797. The van der Waals surface area contributed by atoms with Crippen molar-refractivity contribution in [2.75, 3.05) is 11.9 Å². The predicted molar refractivity (Wildman–Crippen MR) is 77.0 cm³/mol. The van der Waals surface area contributed by atoms with Gasteiger partial charge in [0.15, 0.2) is 0 Å². The summed E-state index contributed by atoms with van der Waals surface area (Å²) >= 11 is 0. The second-order valence-corrected chi connectivity index (χ2v) is 5.31. The van der Waals surface area contributed by atoms with E-state index in [1.165, 1.54) is 31.4 Å². The lowest BCUT2D eigenvalue weighted by atomic mass is 9.89. The number of carboxylic acid groups (broad SMARTS) is 1. The summed E-state index contributed by atoms with van der Waals surface area (Å²) in [5, 5.41) is 14.1. The van der Waals surface area contributed by atoms with Gasteiger partial charge in [-0.1, -0.05) is 25.3 Å². The Labute approximate surface area is 122 Å². The first kappa shape index (κ1) is 15.3. The van der Waals surface area contributed by atoms with Crippen molar-refractivity contribution in [1.82, 2.24) is 5.32 Å². The second-order valence-electron chi connectivity index (χ2n) is 5.31. The van der Waals surface area contributed by atoms with E-state index in [0.29, 0.717) is 12.5 Å². The third-order valence-corrected chi connectivity index (χ3v) is 3.75. The summed E-state index contributed by atoms with van der Waals surface area (Å²) in [5.41, 5.74) is -0.561. The van der Waals surface area contributed by atoms with E-state index in [9.17, 15) is 14.0 Å². The first-order valence-electron chi connectivity index (χ1n) is 7.14. The average molecular weight is 294 g/mol. The van der Waals surface area contributed by atoms with Crippen LogP contribution >= 0.6 is 0 Å². The molecule has 1 saturated carbocycles. The van der Waals surface area contributed by atoms with Gasteiger partial charge in [-0.3, -0.25) is 0 Å². The number of nitrogens with one attached hydrogen (secondary N) is 2. The summed E-state index contributed by atoms with van der Waals surface area (Å²) in [4.78, 5) is 22.8. The summed E-state index contributed by atoms with van der Waals surface area (Å²) in [6.07, 6.45) is 5.80. The number of anilines is 1. The highest BCUT2D eigenvalue weighted by atomic mass is 19.1. The molecule has 21 heavy (non-hydrogen) atoms. The number of benzene rings is 1. The van der Waals surface area contributed by atoms with Gasteiger partial charge < -0.3 is 15.7 Å². The van der Waals surface area contributed by atoms with E-state index >= 15 is 0 Å². The van der Waals surface area contributed by atoms with Crippen molar-refractivity contribution in [3.8, 4) is 0 Å². The highest BCUT2D eigenvalue weighted by Crippen LogP contribution is 2.23. The fourth-order valence-electron chi connectivity index (χ4n) is 2.64. The van der Waals surface area contributed by atoms with Crippen LogP contribution < -0.4 is 10.6 Å². The smallest absolute Gasteiger partial charge is 0.340 e. The standard InChI is InChI=1S/C15H19FN2O3/c16-11-7-4-8-12(13(11)14(19)20)18-15(21)17-9-10-5-2-1-3-6-10/h4,7-8,10H,1-3,5-6,9H2,(H,19,20)(H2,17,18,21). The minimum absolute atomic E-state index is 0.0383. The van der Waals surface area contributed by atoms with Gasteiger partial charge in [0.05, 0.1) is 5.69 Å². The minimum atomic E-state index is -1.41. The Bertz CT molecular complexity index is 528. The van der Waals surface area contributed by atoms with Crippen LogP contribution in [-0.4, -0.2) is 23.7 Å². The Morgan fingerprint density at radius 2 is 1.95 bits per heavy atom. The van der Waals surface area contributed by atoms with E-state index in [1.54, 1.807) is 0 Å². The third kappa shape index (κ3) is 4.18. The summed E-state index contributed by atoms with van der Waals surface area (Å²) in [6, 6.07) is 3.27. The molecule has 2 amide bonds. The van der Waals surface area contributed by atoms with E-state index in [-0.39, 0.29) is 5.69 Å². The normalized spacial score (nSPS) is 15.5. The van der Waals surface area contributed by atoms with Crippen molar-refractivity contribution in [2.45, 2.75) is 32.1 Å². The predicted octanol–water partition coefficient (Wildman–Crippen LogP) is 3.23. The van der Waals surface area contributed by atoms with Crippen LogP contribution in [0.2, 0.25) is 0 Å². The third-order valence-electron chi connectivity index (χ3n) is 3.75. The van der Waals surface area contributed by atoms with Crippen molar-refractivity contribution in [2.24, 2.45) is 5.92 Å². The number of amides is 2. The molecule has 5 nitrogen and oxygen atoms in total. The summed E-state index contributed by atoms with van der Waals surface area (Å²) in [7, 11) is 0. The largest absolute Gasteiger partial charge is 0.478 e. The molecule has 0 atom stereocenters. The molecule has 0 aliphatic heterocycles. The van der Waals surface area contributed by atoms with Crippen molar-refractivity contribution >= 4 is 17.7 Å². The molecule has 3 N–H and O–H groups in total. The van der Waals surface area contributed by atoms with Crippen molar-refractivity contribution in [3.63, 3.8) is 0 Å². The van der Waals surface area contributed by atoms with Crippen LogP contribution in [0.4, 0.5) is 14.9 Å². The number of aromatic carboxylic acids is 1. The number of hydrogen-bond donors (Lipinski definition) is 3. The lowest BCUT2D eigenvalue weighted by molar-refractivity contribution is 0.0693. The second kappa shape index (κ2) is 7.06. The molecule has 0 heterocycles. The maximum Gasteiger partial charge on any atom is 0.340 e. The maximum absolute atomic E-state index is 13.5. The summed E-state index contributed by atoms with van der Waals surface area (Å²) in [5.74, 6) is -1.81. The molecule has 0 saturated heterocycles. The monoisotopic (exact) mass is 294 g/mol. The molecule has 6 heteroatoms. The lowest BCUT2D eigenvalue weighted by Gasteiger charge is -2.21. The Balaban J connectivity index is 1.93. The Morgan fingerprint density at radius 1 is 1.24 bits per heavy atom. The molecule has 0 unspecified atom stereocenters. The molecule has 0 aromatic heterocycles. The van der Waals surface area contributed by atoms with E-state index in [4.69, 9.17) is 5.11 Å². The first-order valence-corrected chi connectivity index (χ1v) is 7.14. The Morgan fingerprint density at radius 3 is 2.62 bits per heavy atom. The van der Waals surface area contributed by atoms with Gasteiger partial charge in [-0.15, -0.1) is 0 Å². The number of hydrogen-bond acceptors (Lipinski definition) is 2. The fraction of sp³-hybridized carbons (Fsp3) is 0.467. The first-order chi connectivity index (χ1) is 10.1. The van der Waals surface area contributed by atoms with E-state index in [1.807, 2.05) is 0 Å². The van der Waals surface area contributed by atoms with Gasteiger partial charge in [-0.05, 0) is 30.9 Å². The van der Waals surface area contributed by atoms with Crippen LogP contribution in [0.3, 0.4) is 0 Å². The van der Waals surface area contributed by atoms with E-state index in [0.717, 1.165) is 18.9 Å². The Hall–Kier alpha value is -2.11. The number of carbonyl (C=O) groups is 2. The molecule has 0 spiro atoms. The molecule has 1 aromatic rings. The van der Waals surface area contributed by atoms with Crippen molar-refractivity contribution < 1.29 is 19.1 Å². The van der Waals surface area contributed by atoms with Gasteiger partial charge >= 0.3 is 12.0 Å². The van der Waals surface area contributed by atoms with Crippen LogP contribution in [0, 0.1) is 11.7 Å². The SMILES string of the molecule is O=C(NCC1CCCCC1)Nc1cccc(F)c1C(=O)O. The highest BCUT2D eigenvalue weighted by molar-refractivity contribution is 6.00. The van der Waals surface area contributed by atoms with Gasteiger partial charge in [0.25, 0.3) is 0 Å². The zero-order chi connectivity index (χ0) is 15.2. The van der Waals surface area contributed by atoms with Crippen LogP contribution in [0.1, 0.15) is 42.5 Å². The number of carboxylic acids is 1. The number of rotatable bonds is 4. The summed E-state index contributed by atoms with van der Waals surface area (Å²) < 4.78 is 13.5. The van der Waals surface area contributed by atoms with Crippen molar-refractivity contribution in [1.29, 1.82) is 0 Å². The molecular weight excluding hydrogens is 275 g/mol. The highest BCUT2D eigenvalue weighted by Gasteiger charge is 2.18. The van der Waals surface area contributed by atoms with Crippen LogP contribution in [0.25, 0.3) is 0 Å². The molecule has 0 bridgehead atoms.